The fourth-order valence-electron chi connectivity index (χ4n) is 8.85. The van der Waals surface area contributed by atoms with Crippen molar-refractivity contribution in [3.05, 3.63) is 0 Å². The van der Waals surface area contributed by atoms with Gasteiger partial charge in [-0.1, -0.05) is 68.2 Å². The largest absolute Gasteiger partial charge is 0.408 e. The first-order chi connectivity index (χ1) is 15.0. The van der Waals surface area contributed by atoms with Crippen molar-refractivity contribution in [1.29, 1.82) is 5.26 Å². The Morgan fingerprint density at radius 1 is 1.00 bits per heavy atom. The molecule has 0 aromatic heterocycles. The van der Waals surface area contributed by atoms with Crippen LogP contribution in [0.15, 0.2) is 0 Å². The van der Waals surface area contributed by atoms with Crippen LogP contribution < -0.4 is 0 Å². The molecule has 184 valence electrons. The average molecular weight is 464 g/mol. The molecular formula is C27H49NO3Si. The van der Waals surface area contributed by atoms with Crippen LogP contribution >= 0.6 is 0 Å². The number of unbranched alkanes of at least 4 members (excludes halogenated alkanes) is 2. The second kappa shape index (κ2) is 9.32. The fourth-order valence-corrected chi connectivity index (χ4v) is 14.6. The van der Waals surface area contributed by atoms with Crippen LogP contribution in [-0.4, -0.2) is 38.3 Å². The van der Waals surface area contributed by atoms with E-state index in [1.807, 2.05) is 0 Å². The molecule has 0 heterocycles. The summed E-state index contributed by atoms with van der Waals surface area (Å²) in [7, 11) is -2.24. The Labute approximate surface area is 198 Å². The second-order valence-corrected chi connectivity index (χ2v) is 17.6. The van der Waals surface area contributed by atoms with Gasteiger partial charge in [-0.2, -0.15) is 5.26 Å². The quantitative estimate of drug-likeness (QED) is 0.254. The van der Waals surface area contributed by atoms with Crippen molar-refractivity contribution in [2.24, 2.45) is 22.7 Å². The Kier molecular flexibility index (Phi) is 7.63. The molecule has 3 rings (SSSR count). The summed E-state index contributed by atoms with van der Waals surface area (Å²) >= 11 is 0. The summed E-state index contributed by atoms with van der Waals surface area (Å²) < 4.78 is 13.8. The third kappa shape index (κ3) is 3.38. The zero-order chi connectivity index (χ0) is 23.9. The van der Waals surface area contributed by atoms with Gasteiger partial charge in [0.2, 0.25) is 8.32 Å². The van der Waals surface area contributed by atoms with Crippen LogP contribution in [-0.2, 0) is 9.16 Å². The van der Waals surface area contributed by atoms with Crippen LogP contribution in [0.1, 0.15) is 100 Å². The van der Waals surface area contributed by atoms with E-state index in [1.165, 1.54) is 12.8 Å². The average Bonchev–Trinajstić information content (AvgIpc) is 3.17. The molecule has 32 heavy (non-hydrogen) atoms. The summed E-state index contributed by atoms with van der Waals surface area (Å²) in [6.45, 7) is 20.0. The Balaban J connectivity index is 2.02. The lowest BCUT2D eigenvalue weighted by Crippen LogP contribution is -2.61. The minimum absolute atomic E-state index is 0.136. The van der Waals surface area contributed by atoms with Crippen molar-refractivity contribution in [2.75, 3.05) is 13.2 Å². The van der Waals surface area contributed by atoms with E-state index < -0.39 is 19.3 Å². The zero-order valence-electron chi connectivity index (χ0n) is 22.0. The van der Waals surface area contributed by atoms with Crippen molar-refractivity contribution in [3.63, 3.8) is 0 Å². The van der Waals surface area contributed by atoms with E-state index in [0.717, 1.165) is 32.3 Å². The lowest BCUT2D eigenvalue weighted by atomic mass is 9.65. The first-order valence-corrected chi connectivity index (χ1v) is 15.5. The molecule has 1 N–H and O–H groups in total. The van der Waals surface area contributed by atoms with Crippen molar-refractivity contribution in [2.45, 2.75) is 129 Å². The molecule has 0 saturated heterocycles. The Bertz CT molecular complexity index is 682. The number of aliphatic hydroxyl groups excluding tert-OH is 1. The van der Waals surface area contributed by atoms with Gasteiger partial charge in [-0.25, -0.2) is 0 Å². The molecule has 3 aliphatic carbocycles. The zero-order valence-corrected chi connectivity index (χ0v) is 23.0. The number of aliphatic hydroxyl groups is 1. The summed E-state index contributed by atoms with van der Waals surface area (Å²) in [5, 5.41) is 21.9. The molecule has 0 radical (unpaired) electrons. The maximum atomic E-state index is 11.2. The summed E-state index contributed by atoms with van der Waals surface area (Å²) in [6, 6.07) is 2.84. The molecule has 0 amide bonds. The highest BCUT2D eigenvalue weighted by molar-refractivity contribution is 6.77. The predicted molar refractivity (Wildman–Crippen MR) is 133 cm³/mol. The molecule has 0 aromatic rings. The first kappa shape index (κ1) is 26.2. The maximum absolute atomic E-state index is 11.2. The lowest BCUT2D eigenvalue weighted by molar-refractivity contribution is -0.0788. The fraction of sp³-hybridized carbons (Fsp3) is 0.963. The highest BCUT2D eigenvalue weighted by Crippen LogP contribution is 2.81. The molecule has 3 fully saturated rings. The Morgan fingerprint density at radius 3 is 2.16 bits per heavy atom. The van der Waals surface area contributed by atoms with E-state index in [1.54, 1.807) is 0 Å². The van der Waals surface area contributed by atoms with E-state index in [-0.39, 0.29) is 17.4 Å². The molecule has 3 aliphatic rings. The Morgan fingerprint density at radius 2 is 1.62 bits per heavy atom. The molecule has 3 saturated carbocycles. The van der Waals surface area contributed by atoms with E-state index in [4.69, 9.17) is 9.16 Å². The standard InChI is InChI=1S/C27H49NO3Si/c1-9-10-11-13-30-14-12-25-15-22(8)26(18-28)16-23(25)24(29)17-27(25,26)31-32(19(2)3,20(4)5)21(6)7/h19-24,29H,9-17H2,1-8H3/t22-,23-,24+,25-,26+,27-/m1/s1. The normalized spacial score (nSPS) is 38.4. The highest BCUT2D eigenvalue weighted by Gasteiger charge is 2.84. The van der Waals surface area contributed by atoms with Crippen LogP contribution in [0.5, 0.6) is 0 Å². The molecule has 0 aliphatic heterocycles. The predicted octanol–water partition coefficient (Wildman–Crippen LogP) is 6.83. The van der Waals surface area contributed by atoms with Crippen molar-refractivity contribution < 1.29 is 14.3 Å². The van der Waals surface area contributed by atoms with Gasteiger partial charge in [0, 0.05) is 25.0 Å². The van der Waals surface area contributed by atoms with Crippen molar-refractivity contribution in [3.8, 4) is 6.07 Å². The van der Waals surface area contributed by atoms with Gasteiger partial charge < -0.3 is 14.3 Å². The minimum atomic E-state index is -2.24. The van der Waals surface area contributed by atoms with E-state index in [9.17, 15) is 10.4 Å². The number of rotatable bonds is 12. The summed E-state index contributed by atoms with van der Waals surface area (Å²) in [4.78, 5) is 0. The van der Waals surface area contributed by atoms with Crippen LogP contribution in [0.4, 0.5) is 0 Å². The van der Waals surface area contributed by atoms with Gasteiger partial charge in [-0.3, -0.25) is 0 Å². The second-order valence-electron chi connectivity index (χ2n) is 12.2. The van der Waals surface area contributed by atoms with Crippen LogP contribution in [0, 0.1) is 34.0 Å². The number of ether oxygens (including phenoxy) is 1. The van der Waals surface area contributed by atoms with Gasteiger partial charge in [0.15, 0.2) is 0 Å². The number of hydrogen-bond donors (Lipinski definition) is 1. The molecule has 4 bridgehead atoms. The van der Waals surface area contributed by atoms with Crippen molar-refractivity contribution in [1.82, 2.24) is 0 Å². The molecule has 6 atom stereocenters. The van der Waals surface area contributed by atoms with Gasteiger partial charge in [0.1, 0.15) is 0 Å². The van der Waals surface area contributed by atoms with Gasteiger partial charge >= 0.3 is 0 Å². The van der Waals surface area contributed by atoms with Crippen LogP contribution in [0.3, 0.4) is 0 Å². The van der Waals surface area contributed by atoms with Crippen LogP contribution in [0.25, 0.3) is 0 Å². The molecule has 5 heteroatoms. The molecular weight excluding hydrogens is 414 g/mol. The summed E-state index contributed by atoms with van der Waals surface area (Å²) in [5.41, 5.74) is 0.236. The third-order valence-electron chi connectivity index (χ3n) is 10.1. The minimum Gasteiger partial charge on any atom is -0.408 e. The summed E-state index contributed by atoms with van der Waals surface area (Å²) in [5.74, 6) is 0.463. The maximum Gasteiger partial charge on any atom is 0.201 e. The number of nitrogens with zero attached hydrogens (tertiary/aromatic N) is 1. The van der Waals surface area contributed by atoms with E-state index >= 15 is 0 Å². The molecule has 0 aromatic carbocycles. The smallest absolute Gasteiger partial charge is 0.201 e. The number of hydrogen-bond acceptors (Lipinski definition) is 4. The third-order valence-corrected chi connectivity index (χ3v) is 16.2. The van der Waals surface area contributed by atoms with Crippen molar-refractivity contribution >= 4 is 8.32 Å². The van der Waals surface area contributed by atoms with E-state index in [0.29, 0.717) is 35.6 Å². The first-order valence-electron chi connectivity index (χ1n) is 13.4. The highest BCUT2D eigenvalue weighted by atomic mass is 28.4. The SMILES string of the molecule is CCCCCOCC[C@@]12C[C@@H](C)[C@@]3(C#N)C[C@@H]1[C@@H](O)C[C@@]23O[Si](C(C)C)(C(C)C)C(C)C. The monoisotopic (exact) mass is 463 g/mol. The van der Waals surface area contributed by atoms with Crippen LogP contribution in [0.2, 0.25) is 16.6 Å². The van der Waals surface area contributed by atoms with Gasteiger partial charge in [0.25, 0.3) is 0 Å². The lowest BCUT2D eigenvalue weighted by Gasteiger charge is -2.54. The molecule has 4 nitrogen and oxygen atoms in total. The van der Waals surface area contributed by atoms with Gasteiger partial charge in [-0.05, 0) is 54.1 Å². The topological polar surface area (TPSA) is 62.5 Å². The van der Waals surface area contributed by atoms with E-state index in [2.05, 4.69) is 61.5 Å². The van der Waals surface area contributed by atoms with Gasteiger partial charge in [-0.15, -0.1) is 0 Å². The molecule has 0 spiro atoms. The number of nitriles is 1. The summed E-state index contributed by atoms with van der Waals surface area (Å²) in [6.07, 6.45) is 6.48. The molecule has 0 unspecified atom stereocenters. The van der Waals surface area contributed by atoms with Gasteiger partial charge in [0.05, 0.1) is 23.2 Å². The Hall–Kier alpha value is -0.413.